The first-order valence-electron chi connectivity index (χ1n) is 12.0. The Labute approximate surface area is 207 Å². The van der Waals surface area contributed by atoms with Crippen LogP contribution >= 0.6 is 0 Å². The van der Waals surface area contributed by atoms with Crippen molar-refractivity contribution < 1.29 is 24.7 Å². The zero-order valence-corrected chi connectivity index (χ0v) is 20.4. The van der Waals surface area contributed by atoms with E-state index in [1.807, 2.05) is 19.9 Å². The van der Waals surface area contributed by atoms with Gasteiger partial charge in [0.25, 0.3) is 0 Å². The van der Waals surface area contributed by atoms with E-state index in [9.17, 15) is 24.7 Å². The molecule has 4 N–H and O–H groups in total. The summed E-state index contributed by atoms with van der Waals surface area (Å²) in [6.45, 7) is 7.62. The number of ketones is 1. The summed E-state index contributed by atoms with van der Waals surface area (Å²) < 4.78 is 0. The second kappa shape index (κ2) is 14.1. The SMILES string of the molecule is C=CCCC[C@@H](C(=O)NO)[C@@H](CC(C)C)C(=O)N[C@@H](Cc1ccc(O)cc1)C(=O)c1ccccc1. The van der Waals surface area contributed by atoms with Crippen LogP contribution in [0.1, 0.15) is 55.5 Å². The van der Waals surface area contributed by atoms with Gasteiger partial charge in [0, 0.05) is 17.9 Å². The van der Waals surface area contributed by atoms with Gasteiger partial charge >= 0.3 is 0 Å². The standard InChI is InChI=1S/C28H36N2O5/c1-4-5-7-12-23(28(34)30-35)24(17-19(2)3)27(33)29-25(18-20-13-15-22(31)16-14-20)26(32)21-10-8-6-9-11-21/h4,6,8-11,13-16,19,23-25,31,35H,1,5,7,12,17-18H2,2-3H3,(H,29,33)(H,30,34)/t23-,24-,25+/m1/s1. The highest BCUT2D eigenvalue weighted by Crippen LogP contribution is 2.27. The van der Waals surface area contributed by atoms with Crippen LogP contribution in [0.5, 0.6) is 5.75 Å². The van der Waals surface area contributed by atoms with Gasteiger partial charge in [-0.1, -0.05) is 62.4 Å². The van der Waals surface area contributed by atoms with Crippen LogP contribution in [0.3, 0.4) is 0 Å². The molecule has 2 aromatic carbocycles. The van der Waals surface area contributed by atoms with Crippen LogP contribution in [0, 0.1) is 17.8 Å². The van der Waals surface area contributed by atoms with E-state index in [1.165, 1.54) is 12.1 Å². The summed E-state index contributed by atoms with van der Waals surface area (Å²) >= 11 is 0. The molecule has 0 heterocycles. The number of phenolic OH excluding ortho intramolecular Hbond substituents is 1. The fourth-order valence-electron chi connectivity index (χ4n) is 4.20. The van der Waals surface area contributed by atoms with Gasteiger partial charge in [0.15, 0.2) is 5.78 Å². The van der Waals surface area contributed by atoms with E-state index in [1.54, 1.807) is 48.0 Å². The van der Waals surface area contributed by atoms with Crippen LogP contribution in [0.2, 0.25) is 0 Å². The van der Waals surface area contributed by atoms with E-state index >= 15 is 0 Å². The molecule has 0 saturated carbocycles. The fraction of sp³-hybridized carbons (Fsp3) is 0.393. The van der Waals surface area contributed by atoms with E-state index in [0.717, 1.165) is 5.56 Å². The van der Waals surface area contributed by atoms with Gasteiger partial charge in [0.2, 0.25) is 11.8 Å². The van der Waals surface area contributed by atoms with E-state index in [-0.39, 0.29) is 23.9 Å². The molecule has 0 unspecified atom stereocenters. The zero-order valence-electron chi connectivity index (χ0n) is 20.4. The molecule has 0 radical (unpaired) electrons. The number of phenols is 1. The molecule has 0 fully saturated rings. The van der Waals surface area contributed by atoms with Crippen molar-refractivity contribution in [1.82, 2.24) is 10.8 Å². The first kappa shape index (κ1) is 27.8. The summed E-state index contributed by atoms with van der Waals surface area (Å²) in [5.74, 6) is -2.51. The zero-order chi connectivity index (χ0) is 25.8. The molecule has 2 amide bonds. The van der Waals surface area contributed by atoms with Crippen molar-refractivity contribution in [2.45, 2.75) is 52.0 Å². The van der Waals surface area contributed by atoms with Gasteiger partial charge in [0.1, 0.15) is 5.75 Å². The van der Waals surface area contributed by atoms with Crippen molar-refractivity contribution >= 4 is 17.6 Å². The van der Waals surface area contributed by atoms with Gasteiger partial charge < -0.3 is 10.4 Å². The summed E-state index contributed by atoms with van der Waals surface area (Å²) in [5.41, 5.74) is 2.95. The lowest BCUT2D eigenvalue weighted by Crippen LogP contribution is -2.48. The van der Waals surface area contributed by atoms with Crippen LogP contribution in [-0.4, -0.2) is 34.0 Å². The number of carbonyl (C=O) groups is 3. The number of hydrogen-bond acceptors (Lipinski definition) is 5. The van der Waals surface area contributed by atoms with Crippen molar-refractivity contribution in [3.63, 3.8) is 0 Å². The average molecular weight is 481 g/mol. The minimum Gasteiger partial charge on any atom is -0.508 e. The minimum atomic E-state index is -0.866. The third-order valence-electron chi connectivity index (χ3n) is 5.99. The van der Waals surface area contributed by atoms with Crippen LogP contribution in [0.15, 0.2) is 67.3 Å². The molecule has 7 heteroatoms. The second-order valence-corrected chi connectivity index (χ2v) is 9.20. The van der Waals surface area contributed by atoms with Gasteiger partial charge in [0.05, 0.1) is 12.0 Å². The number of carbonyl (C=O) groups excluding carboxylic acids is 3. The predicted molar refractivity (Wildman–Crippen MR) is 135 cm³/mol. The summed E-state index contributed by atoms with van der Waals surface area (Å²) in [6.07, 6.45) is 4.12. The number of allylic oxidation sites excluding steroid dienone is 1. The summed E-state index contributed by atoms with van der Waals surface area (Å²) in [6, 6.07) is 14.3. The first-order chi connectivity index (χ1) is 16.8. The largest absolute Gasteiger partial charge is 0.508 e. The maximum absolute atomic E-state index is 13.6. The molecule has 35 heavy (non-hydrogen) atoms. The summed E-state index contributed by atoms with van der Waals surface area (Å²) in [5, 5.41) is 21.8. The topological polar surface area (TPSA) is 116 Å². The smallest absolute Gasteiger partial charge is 0.247 e. The number of hydrogen-bond donors (Lipinski definition) is 4. The molecule has 2 aromatic rings. The number of aromatic hydroxyl groups is 1. The van der Waals surface area contributed by atoms with Crippen molar-refractivity contribution in [1.29, 1.82) is 0 Å². The van der Waals surface area contributed by atoms with Gasteiger partial charge in [-0.15, -0.1) is 6.58 Å². The van der Waals surface area contributed by atoms with Crippen LogP contribution in [-0.2, 0) is 16.0 Å². The van der Waals surface area contributed by atoms with Gasteiger partial charge in [-0.3, -0.25) is 19.6 Å². The van der Waals surface area contributed by atoms with E-state index in [0.29, 0.717) is 31.2 Å². The Morgan fingerprint density at radius 2 is 1.63 bits per heavy atom. The molecule has 7 nitrogen and oxygen atoms in total. The molecule has 2 rings (SSSR count). The molecule has 188 valence electrons. The molecule has 0 spiro atoms. The third-order valence-corrected chi connectivity index (χ3v) is 5.99. The minimum absolute atomic E-state index is 0.109. The lowest BCUT2D eigenvalue weighted by atomic mass is 9.80. The van der Waals surface area contributed by atoms with Crippen molar-refractivity contribution in [2.24, 2.45) is 17.8 Å². The van der Waals surface area contributed by atoms with Crippen LogP contribution in [0.4, 0.5) is 0 Å². The van der Waals surface area contributed by atoms with Crippen molar-refractivity contribution in [2.75, 3.05) is 0 Å². The maximum Gasteiger partial charge on any atom is 0.247 e. The van der Waals surface area contributed by atoms with Crippen LogP contribution in [0.25, 0.3) is 0 Å². The van der Waals surface area contributed by atoms with E-state index < -0.39 is 29.7 Å². The molecular formula is C28H36N2O5. The number of rotatable bonds is 14. The Hall–Kier alpha value is -3.45. The Morgan fingerprint density at radius 1 is 0.971 bits per heavy atom. The Kier molecular flexibility index (Phi) is 11.2. The number of hydroxylamine groups is 1. The van der Waals surface area contributed by atoms with E-state index in [2.05, 4.69) is 11.9 Å². The first-order valence-corrected chi connectivity index (χ1v) is 12.0. The highest BCUT2D eigenvalue weighted by atomic mass is 16.5. The van der Waals surface area contributed by atoms with Crippen molar-refractivity contribution in [3.8, 4) is 5.75 Å². The molecule has 0 bridgehead atoms. The normalized spacial score (nSPS) is 13.5. The second-order valence-electron chi connectivity index (χ2n) is 9.20. The van der Waals surface area contributed by atoms with Crippen LogP contribution < -0.4 is 10.8 Å². The quantitative estimate of drug-likeness (QED) is 0.105. The summed E-state index contributed by atoms with van der Waals surface area (Å²) in [4.78, 5) is 39.5. The monoisotopic (exact) mass is 480 g/mol. The van der Waals surface area contributed by atoms with E-state index in [4.69, 9.17) is 0 Å². The molecule has 0 aliphatic rings. The summed E-state index contributed by atoms with van der Waals surface area (Å²) in [7, 11) is 0. The molecular weight excluding hydrogens is 444 g/mol. The number of nitrogens with one attached hydrogen (secondary N) is 2. The predicted octanol–water partition coefficient (Wildman–Crippen LogP) is 4.44. The molecule has 0 aromatic heterocycles. The maximum atomic E-state index is 13.6. The molecule has 0 saturated heterocycles. The number of benzene rings is 2. The third kappa shape index (κ3) is 8.68. The lowest BCUT2D eigenvalue weighted by Gasteiger charge is -2.28. The Balaban J connectivity index is 2.35. The lowest BCUT2D eigenvalue weighted by molar-refractivity contribution is -0.141. The van der Waals surface area contributed by atoms with Crippen molar-refractivity contribution in [3.05, 3.63) is 78.4 Å². The Morgan fingerprint density at radius 3 is 2.20 bits per heavy atom. The number of amides is 2. The average Bonchev–Trinajstić information content (AvgIpc) is 2.86. The number of unbranched alkanes of at least 4 members (excludes halogenated alkanes) is 1. The molecule has 0 aliphatic carbocycles. The molecule has 3 atom stereocenters. The van der Waals surface area contributed by atoms with Gasteiger partial charge in [-0.2, -0.15) is 0 Å². The number of Topliss-reactive ketones (excluding diaryl/α,β-unsaturated/α-hetero) is 1. The highest BCUT2D eigenvalue weighted by molar-refractivity contribution is 6.02. The molecule has 0 aliphatic heterocycles. The van der Waals surface area contributed by atoms with Gasteiger partial charge in [-0.05, 0) is 49.3 Å². The Bertz CT molecular complexity index is 973. The highest BCUT2D eigenvalue weighted by Gasteiger charge is 2.35. The fourth-order valence-corrected chi connectivity index (χ4v) is 4.20. The van der Waals surface area contributed by atoms with Gasteiger partial charge in [-0.25, -0.2) is 5.48 Å².